The van der Waals surface area contributed by atoms with Crippen LogP contribution in [0.5, 0.6) is 11.8 Å². The first kappa shape index (κ1) is 17.2. The molecule has 136 valence electrons. The van der Waals surface area contributed by atoms with Crippen LogP contribution in [0, 0.1) is 11.6 Å². The Bertz CT molecular complexity index is 1120. The maximum atomic E-state index is 13.7. The molecular formula is C18H12ClF2N5O. The summed E-state index contributed by atoms with van der Waals surface area (Å²) in [6.45, 7) is 0.471. The zero-order chi connectivity index (χ0) is 18.8. The van der Waals surface area contributed by atoms with Crippen LogP contribution in [0.3, 0.4) is 0 Å². The smallest absolute Gasteiger partial charge is 0.324 e. The standard InChI is InChI=1S/C18H12ClF2N5O/c19-13-4-2-1-3-10(13)8-22-16-12-9-23-18(24-17(12)26-25-16)27-15-6-5-11(20)7-14(15)21/h1-7,9H,8H2,(H2,22,23,24,25,26). The summed E-state index contributed by atoms with van der Waals surface area (Å²) >= 11 is 6.14. The van der Waals surface area contributed by atoms with E-state index in [2.05, 4.69) is 25.5 Å². The summed E-state index contributed by atoms with van der Waals surface area (Å²) in [6.07, 6.45) is 1.50. The predicted molar refractivity (Wildman–Crippen MR) is 96.9 cm³/mol. The van der Waals surface area contributed by atoms with Gasteiger partial charge in [-0.2, -0.15) is 10.1 Å². The molecule has 0 radical (unpaired) electrons. The Balaban J connectivity index is 1.53. The third-order valence-electron chi connectivity index (χ3n) is 3.79. The molecule has 27 heavy (non-hydrogen) atoms. The molecule has 0 unspecified atom stereocenters. The van der Waals surface area contributed by atoms with Crippen molar-refractivity contribution in [3.63, 3.8) is 0 Å². The molecule has 2 N–H and O–H groups in total. The number of nitrogens with zero attached hydrogens (tertiary/aromatic N) is 3. The van der Waals surface area contributed by atoms with Crippen LogP contribution in [0.15, 0.2) is 48.7 Å². The maximum Gasteiger partial charge on any atom is 0.324 e. The van der Waals surface area contributed by atoms with Crippen LogP contribution in [-0.2, 0) is 6.54 Å². The SMILES string of the molecule is Fc1ccc(Oc2ncc3c(NCc4ccccc4Cl)n[nH]c3n2)c(F)c1. The van der Waals surface area contributed by atoms with Crippen molar-refractivity contribution in [2.24, 2.45) is 0 Å². The molecule has 0 amide bonds. The van der Waals surface area contributed by atoms with Gasteiger partial charge in [-0.3, -0.25) is 5.10 Å². The van der Waals surface area contributed by atoms with Gasteiger partial charge >= 0.3 is 6.01 Å². The van der Waals surface area contributed by atoms with Gasteiger partial charge in [-0.25, -0.2) is 13.8 Å². The number of nitrogens with one attached hydrogen (secondary N) is 2. The molecule has 2 aromatic heterocycles. The first-order valence-electron chi connectivity index (χ1n) is 7.91. The predicted octanol–water partition coefficient (Wildman–Crippen LogP) is 4.69. The number of hydrogen-bond acceptors (Lipinski definition) is 5. The van der Waals surface area contributed by atoms with E-state index in [4.69, 9.17) is 16.3 Å². The normalized spacial score (nSPS) is 10.9. The van der Waals surface area contributed by atoms with Gasteiger partial charge in [0.15, 0.2) is 23.0 Å². The molecule has 4 rings (SSSR count). The van der Waals surface area contributed by atoms with Crippen molar-refractivity contribution in [1.29, 1.82) is 0 Å². The fourth-order valence-corrected chi connectivity index (χ4v) is 2.66. The molecule has 2 heterocycles. The molecule has 4 aromatic rings. The summed E-state index contributed by atoms with van der Waals surface area (Å²) in [6, 6.07) is 10.4. The molecule has 0 bridgehead atoms. The minimum absolute atomic E-state index is 0.0886. The highest BCUT2D eigenvalue weighted by Crippen LogP contribution is 2.25. The summed E-state index contributed by atoms with van der Waals surface area (Å²) in [5.41, 5.74) is 1.33. The molecule has 0 spiro atoms. The van der Waals surface area contributed by atoms with E-state index in [0.717, 1.165) is 17.7 Å². The highest BCUT2D eigenvalue weighted by molar-refractivity contribution is 6.31. The fraction of sp³-hybridized carbons (Fsp3) is 0.0556. The van der Waals surface area contributed by atoms with Crippen LogP contribution in [0.4, 0.5) is 14.6 Å². The van der Waals surface area contributed by atoms with Crippen molar-refractivity contribution < 1.29 is 13.5 Å². The molecule has 0 atom stereocenters. The second-order valence-corrected chi connectivity index (χ2v) is 6.02. The van der Waals surface area contributed by atoms with E-state index in [9.17, 15) is 8.78 Å². The Morgan fingerprint density at radius 1 is 1.15 bits per heavy atom. The van der Waals surface area contributed by atoms with Gasteiger partial charge < -0.3 is 10.1 Å². The van der Waals surface area contributed by atoms with Gasteiger partial charge in [0, 0.05) is 23.8 Å². The topological polar surface area (TPSA) is 75.7 Å². The van der Waals surface area contributed by atoms with Crippen molar-refractivity contribution in [1.82, 2.24) is 20.2 Å². The summed E-state index contributed by atoms with van der Waals surface area (Å²) in [7, 11) is 0. The van der Waals surface area contributed by atoms with Gasteiger partial charge in [0.05, 0.1) is 5.39 Å². The first-order valence-corrected chi connectivity index (χ1v) is 8.29. The van der Waals surface area contributed by atoms with E-state index in [-0.39, 0.29) is 11.8 Å². The van der Waals surface area contributed by atoms with E-state index >= 15 is 0 Å². The van der Waals surface area contributed by atoms with Crippen molar-refractivity contribution >= 4 is 28.5 Å². The van der Waals surface area contributed by atoms with E-state index in [1.807, 2.05) is 24.3 Å². The van der Waals surface area contributed by atoms with Crippen molar-refractivity contribution in [2.45, 2.75) is 6.54 Å². The summed E-state index contributed by atoms with van der Waals surface area (Å²) in [5.74, 6) is -1.17. The van der Waals surface area contributed by atoms with E-state index in [1.54, 1.807) is 0 Å². The Morgan fingerprint density at radius 2 is 2.00 bits per heavy atom. The third-order valence-corrected chi connectivity index (χ3v) is 4.16. The van der Waals surface area contributed by atoms with E-state index in [0.29, 0.717) is 28.4 Å². The highest BCUT2D eigenvalue weighted by atomic mass is 35.5. The maximum absolute atomic E-state index is 13.7. The minimum atomic E-state index is -0.842. The summed E-state index contributed by atoms with van der Waals surface area (Å²) < 4.78 is 31.9. The van der Waals surface area contributed by atoms with Gasteiger partial charge in [-0.1, -0.05) is 29.8 Å². The number of ether oxygens (including phenoxy) is 1. The first-order chi connectivity index (χ1) is 13.1. The average molecular weight is 388 g/mol. The van der Waals surface area contributed by atoms with Gasteiger partial charge in [0.25, 0.3) is 0 Å². The largest absolute Gasteiger partial charge is 0.421 e. The molecule has 6 nitrogen and oxygen atoms in total. The van der Waals surface area contributed by atoms with Crippen LogP contribution in [-0.4, -0.2) is 20.2 Å². The van der Waals surface area contributed by atoms with Crippen LogP contribution in [0.1, 0.15) is 5.56 Å². The second-order valence-electron chi connectivity index (χ2n) is 5.61. The van der Waals surface area contributed by atoms with Crippen molar-refractivity contribution in [2.75, 3.05) is 5.32 Å². The molecule has 0 aliphatic heterocycles. The lowest BCUT2D eigenvalue weighted by Gasteiger charge is -2.06. The van der Waals surface area contributed by atoms with Crippen LogP contribution in [0.2, 0.25) is 5.02 Å². The number of anilines is 1. The van der Waals surface area contributed by atoms with Gasteiger partial charge in [-0.15, -0.1) is 0 Å². The zero-order valence-corrected chi connectivity index (χ0v) is 14.5. The number of aromatic amines is 1. The second kappa shape index (κ2) is 7.16. The summed E-state index contributed by atoms with van der Waals surface area (Å²) in [5, 5.41) is 11.4. The molecular weight excluding hydrogens is 376 g/mol. The number of H-pyrrole nitrogens is 1. The average Bonchev–Trinajstić information content (AvgIpc) is 3.06. The molecule has 0 fully saturated rings. The van der Waals surface area contributed by atoms with Crippen LogP contribution in [0.25, 0.3) is 11.0 Å². The number of benzene rings is 2. The van der Waals surface area contributed by atoms with Crippen LogP contribution < -0.4 is 10.1 Å². The monoisotopic (exact) mass is 387 g/mol. The Hall–Kier alpha value is -3.26. The highest BCUT2D eigenvalue weighted by Gasteiger charge is 2.12. The number of halogens is 3. The number of aromatic nitrogens is 4. The molecule has 0 aliphatic rings. The lowest BCUT2D eigenvalue weighted by Crippen LogP contribution is -2.01. The Labute approximate surface area is 157 Å². The van der Waals surface area contributed by atoms with Crippen LogP contribution >= 0.6 is 11.6 Å². The zero-order valence-electron chi connectivity index (χ0n) is 13.7. The Morgan fingerprint density at radius 3 is 2.81 bits per heavy atom. The minimum Gasteiger partial charge on any atom is -0.421 e. The van der Waals surface area contributed by atoms with E-state index in [1.165, 1.54) is 12.3 Å². The molecule has 0 saturated heterocycles. The summed E-state index contributed by atoms with van der Waals surface area (Å²) in [4.78, 5) is 8.20. The lowest BCUT2D eigenvalue weighted by atomic mass is 10.2. The molecule has 9 heteroatoms. The molecule has 0 saturated carbocycles. The van der Waals surface area contributed by atoms with Crippen molar-refractivity contribution in [3.8, 4) is 11.8 Å². The van der Waals surface area contributed by atoms with Crippen molar-refractivity contribution in [3.05, 3.63) is 70.9 Å². The van der Waals surface area contributed by atoms with Gasteiger partial charge in [-0.05, 0) is 23.8 Å². The van der Waals surface area contributed by atoms with E-state index < -0.39 is 11.6 Å². The number of hydrogen-bond donors (Lipinski definition) is 2. The third kappa shape index (κ3) is 3.65. The molecule has 2 aromatic carbocycles. The number of fused-ring (bicyclic) bond motifs is 1. The Kier molecular flexibility index (Phi) is 4.55. The fourth-order valence-electron chi connectivity index (χ4n) is 2.45. The van der Waals surface area contributed by atoms with Gasteiger partial charge in [0.2, 0.25) is 0 Å². The lowest BCUT2D eigenvalue weighted by molar-refractivity contribution is 0.409. The molecule has 0 aliphatic carbocycles. The van der Waals surface area contributed by atoms with Gasteiger partial charge in [0.1, 0.15) is 5.82 Å². The number of rotatable bonds is 5. The quantitative estimate of drug-likeness (QED) is 0.519.